The van der Waals surface area contributed by atoms with Crippen LogP contribution in [0.3, 0.4) is 0 Å². The van der Waals surface area contributed by atoms with Crippen molar-refractivity contribution >= 4 is 34.5 Å². The average molecular weight is 332 g/mol. The molecule has 0 unspecified atom stereocenters. The SMILES string of the molecule is CSc1nc(C)cc(SC(=O)NN=C(C)c2ccccc2)n1. The molecule has 0 saturated heterocycles. The second-order valence-electron chi connectivity index (χ2n) is 4.40. The number of aryl methyl sites for hydroxylation is 1. The standard InChI is InChI=1S/C15H16N4OS2/c1-10-9-13(17-14(16-10)21-3)22-15(20)19-18-11(2)12-7-5-4-6-8-12/h4-9H,1-3H3,(H,19,20). The first-order chi connectivity index (χ1) is 10.6. The van der Waals surface area contributed by atoms with Crippen molar-refractivity contribution in [2.45, 2.75) is 24.0 Å². The Morgan fingerprint density at radius 2 is 1.95 bits per heavy atom. The Labute approximate surface area is 138 Å². The topological polar surface area (TPSA) is 67.2 Å². The number of carbonyl (C=O) groups is 1. The second kappa shape index (κ2) is 7.95. The van der Waals surface area contributed by atoms with Crippen LogP contribution in [0.1, 0.15) is 18.2 Å². The first-order valence-corrected chi connectivity index (χ1v) is 8.60. The minimum atomic E-state index is -0.277. The van der Waals surface area contributed by atoms with Crippen molar-refractivity contribution in [2.75, 3.05) is 6.26 Å². The highest BCUT2D eigenvalue weighted by Crippen LogP contribution is 2.20. The molecule has 7 heteroatoms. The van der Waals surface area contributed by atoms with E-state index in [0.717, 1.165) is 28.7 Å². The second-order valence-corrected chi connectivity index (χ2v) is 6.17. The van der Waals surface area contributed by atoms with Gasteiger partial charge in [-0.25, -0.2) is 15.4 Å². The van der Waals surface area contributed by atoms with Gasteiger partial charge in [-0.3, -0.25) is 4.79 Å². The Hall–Kier alpha value is -1.86. The van der Waals surface area contributed by atoms with Gasteiger partial charge in [0, 0.05) is 5.69 Å². The van der Waals surface area contributed by atoms with Gasteiger partial charge in [-0.15, -0.1) is 0 Å². The summed E-state index contributed by atoms with van der Waals surface area (Å²) in [5.41, 5.74) is 5.08. The molecule has 0 atom stereocenters. The molecule has 0 spiro atoms. The molecular formula is C15H16N4OS2. The molecular weight excluding hydrogens is 316 g/mol. The van der Waals surface area contributed by atoms with Crippen LogP contribution in [0.15, 0.2) is 51.7 Å². The predicted octanol–water partition coefficient (Wildman–Crippen LogP) is 3.73. The van der Waals surface area contributed by atoms with E-state index in [1.54, 1.807) is 6.07 Å². The van der Waals surface area contributed by atoms with Gasteiger partial charge in [0.05, 0.1) is 5.71 Å². The molecule has 1 aromatic carbocycles. The number of amides is 1. The Kier molecular flexibility index (Phi) is 5.97. The van der Waals surface area contributed by atoms with Crippen LogP contribution in [0.25, 0.3) is 0 Å². The lowest BCUT2D eigenvalue weighted by atomic mass is 10.1. The van der Waals surface area contributed by atoms with Gasteiger partial charge >= 0.3 is 5.24 Å². The molecule has 1 N–H and O–H groups in total. The maximum Gasteiger partial charge on any atom is 0.305 e. The van der Waals surface area contributed by atoms with Gasteiger partial charge in [-0.2, -0.15) is 5.10 Å². The zero-order valence-electron chi connectivity index (χ0n) is 12.5. The summed E-state index contributed by atoms with van der Waals surface area (Å²) < 4.78 is 0. The normalized spacial score (nSPS) is 11.3. The van der Waals surface area contributed by atoms with Crippen LogP contribution in [0.2, 0.25) is 0 Å². The number of nitrogens with one attached hydrogen (secondary N) is 1. The fourth-order valence-corrected chi connectivity index (χ4v) is 2.77. The van der Waals surface area contributed by atoms with Crippen molar-refractivity contribution in [1.82, 2.24) is 15.4 Å². The molecule has 114 valence electrons. The van der Waals surface area contributed by atoms with Crippen LogP contribution in [0.5, 0.6) is 0 Å². The lowest BCUT2D eigenvalue weighted by Gasteiger charge is -2.04. The van der Waals surface area contributed by atoms with Gasteiger partial charge in [-0.05, 0) is 43.5 Å². The maximum absolute atomic E-state index is 11.9. The van der Waals surface area contributed by atoms with Crippen LogP contribution >= 0.6 is 23.5 Å². The summed E-state index contributed by atoms with van der Waals surface area (Å²) in [5.74, 6) is 0. The van der Waals surface area contributed by atoms with Gasteiger partial charge in [0.15, 0.2) is 5.16 Å². The van der Waals surface area contributed by atoms with Crippen molar-refractivity contribution < 1.29 is 4.79 Å². The monoisotopic (exact) mass is 332 g/mol. The van der Waals surface area contributed by atoms with E-state index in [1.165, 1.54) is 11.8 Å². The first kappa shape index (κ1) is 16.5. The molecule has 0 aliphatic rings. The summed E-state index contributed by atoms with van der Waals surface area (Å²) in [6, 6.07) is 11.5. The number of hydrazone groups is 1. The number of nitrogens with zero attached hydrogens (tertiary/aromatic N) is 3. The van der Waals surface area contributed by atoms with E-state index in [0.29, 0.717) is 10.2 Å². The highest BCUT2D eigenvalue weighted by Gasteiger charge is 2.08. The van der Waals surface area contributed by atoms with Gasteiger partial charge < -0.3 is 0 Å². The molecule has 0 bridgehead atoms. The Balaban J connectivity index is 2.00. The molecule has 1 heterocycles. The fraction of sp³-hybridized carbons (Fsp3) is 0.200. The molecule has 5 nitrogen and oxygen atoms in total. The Morgan fingerprint density at radius 1 is 1.23 bits per heavy atom. The van der Waals surface area contributed by atoms with Gasteiger partial charge in [0.25, 0.3) is 0 Å². The van der Waals surface area contributed by atoms with Crippen LogP contribution in [-0.4, -0.2) is 27.2 Å². The summed E-state index contributed by atoms with van der Waals surface area (Å²) in [6.45, 7) is 3.72. The number of thioether (sulfide) groups is 2. The van der Waals surface area contributed by atoms with Gasteiger partial charge in [-0.1, -0.05) is 42.1 Å². The number of rotatable bonds is 4. The van der Waals surface area contributed by atoms with E-state index < -0.39 is 0 Å². The number of carbonyl (C=O) groups excluding carboxylic acids is 1. The number of hydrogen-bond donors (Lipinski definition) is 1. The molecule has 2 rings (SSSR count). The quantitative estimate of drug-likeness (QED) is 0.304. The van der Waals surface area contributed by atoms with Crippen molar-refractivity contribution in [3.63, 3.8) is 0 Å². The molecule has 2 aromatic rings. The first-order valence-electron chi connectivity index (χ1n) is 6.55. The van der Waals surface area contributed by atoms with Crippen molar-refractivity contribution in [3.05, 3.63) is 47.7 Å². The zero-order valence-corrected chi connectivity index (χ0v) is 14.2. The molecule has 0 aliphatic carbocycles. The molecule has 0 saturated carbocycles. The van der Waals surface area contributed by atoms with Crippen LogP contribution in [-0.2, 0) is 0 Å². The highest BCUT2D eigenvalue weighted by atomic mass is 32.2. The molecule has 1 aromatic heterocycles. The van der Waals surface area contributed by atoms with Gasteiger partial charge in [0.2, 0.25) is 0 Å². The Bertz CT molecular complexity index is 689. The van der Waals surface area contributed by atoms with E-state index in [1.807, 2.05) is 50.4 Å². The minimum absolute atomic E-state index is 0.277. The lowest BCUT2D eigenvalue weighted by molar-refractivity contribution is 0.261. The van der Waals surface area contributed by atoms with Crippen molar-refractivity contribution in [3.8, 4) is 0 Å². The lowest BCUT2D eigenvalue weighted by Crippen LogP contribution is -2.14. The van der Waals surface area contributed by atoms with E-state index in [-0.39, 0.29) is 5.24 Å². The summed E-state index contributed by atoms with van der Waals surface area (Å²) in [7, 11) is 0. The molecule has 0 radical (unpaired) electrons. The fourth-order valence-electron chi connectivity index (χ4n) is 1.65. The van der Waals surface area contributed by atoms with Crippen molar-refractivity contribution in [1.29, 1.82) is 0 Å². The number of benzene rings is 1. The van der Waals surface area contributed by atoms with Crippen molar-refractivity contribution in [2.24, 2.45) is 5.10 Å². The smallest absolute Gasteiger partial charge is 0.260 e. The van der Waals surface area contributed by atoms with Crippen LogP contribution < -0.4 is 5.43 Å². The van der Waals surface area contributed by atoms with E-state index in [9.17, 15) is 4.79 Å². The summed E-state index contributed by atoms with van der Waals surface area (Å²) in [4.78, 5) is 20.5. The number of aromatic nitrogens is 2. The van der Waals surface area contributed by atoms with Crippen LogP contribution in [0, 0.1) is 6.92 Å². The summed E-state index contributed by atoms with van der Waals surface area (Å²) >= 11 is 2.45. The molecule has 0 aliphatic heterocycles. The Morgan fingerprint density at radius 3 is 2.64 bits per heavy atom. The highest BCUT2D eigenvalue weighted by molar-refractivity contribution is 8.13. The number of hydrogen-bond acceptors (Lipinski definition) is 6. The molecule has 22 heavy (non-hydrogen) atoms. The maximum atomic E-state index is 11.9. The van der Waals surface area contributed by atoms with E-state index >= 15 is 0 Å². The zero-order chi connectivity index (χ0) is 15.9. The largest absolute Gasteiger partial charge is 0.305 e. The third-order valence-electron chi connectivity index (χ3n) is 2.70. The summed E-state index contributed by atoms with van der Waals surface area (Å²) in [5, 5.41) is 5.09. The molecule has 0 fully saturated rings. The minimum Gasteiger partial charge on any atom is -0.260 e. The predicted molar refractivity (Wildman–Crippen MR) is 91.6 cm³/mol. The summed E-state index contributed by atoms with van der Waals surface area (Å²) in [6.07, 6.45) is 1.90. The molecule has 1 amide bonds. The average Bonchev–Trinajstić information content (AvgIpc) is 2.52. The third-order valence-corrected chi connectivity index (χ3v) is 3.94. The van der Waals surface area contributed by atoms with E-state index in [4.69, 9.17) is 0 Å². The van der Waals surface area contributed by atoms with Crippen LogP contribution in [0.4, 0.5) is 4.79 Å². The van der Waals surface area contributed by atoms with E-state index in [2.05, 4.69) is 20.5 Å². The van der Waals surface area contributed by atoms with Gasteiger partial charge in [0.1, 0.15) is 5.03 Å². The third kappa shape index (κ3) is 4.85.